The molecular weight excluding hydrogens is 442 g/mol. The van der Waals surface area contributed by atoms with Crippen molar-refractivity contribution >= 4 is 41.1 Å². The van der Waals surface area contributed by atoms with Crippen LogP contribution in [-0.4, -0.2) is 82.5 Å². The molecule has 1 amide bonds. The molecule has 0 aromatic carbocycles. The quantitative estimate of drug-likeness (QED) is 0.702. The smallest absolute Gasteiger partial charge is 0.273 e. The summed E-state index contributed by atoms with van der Waals surface area (Å²) in [5, 5.41) is 12.0. The van der Waals surface area contributed by atoms with Crippen molar-refractivity contribution in [3.63, 3.8) is 0 Å². The van der Waals surface area contributed by atoms with Gasteiger partial charge in [0, 0.05) is 43.1 Å². The van der Waals surface area contributed by atoms with E-state index in [9.17, 15) is 4.79 Å². The predicted octanol–water partition coefficient (Wildman–Crippen LogP) is 2.67. The highest BCUT2D eigenvalue weighted by Gasteiger charge is 2.45. The molecule has 4 aliphatic rings. The summed E-state index contributed by atoms with van der Waals surface area (Å²) in [6.07, 6.45) is 12.0. The van der Waals surface area contributed by atoms with Crippen LogP contribution in [-0.2, 0) is 4.79 Å². The van der Waals surface area contributed by atoms with Crippen molar-refractivity contribution in [2.45, 2.75) is 56.7 Å². The Balaban J connectivity index is 1.21. The van der Waals surface area contributed by atoms with Crippen LogP contribution >= 0.6 is 0 Å². The van der Waals surface area contributed by atoms with E-state index in [0.717, 1.165) is 61.5 Å². The van der Waals surface area contributed by atoms with Crippen LogP contribution in [0.2, 0.25) is 0 Å². The molecule has 10 nitrogen and oxygen atoms in total. The minimum Gasteiger partial charge on any atom is -0.355 e. The Morgan fingerprint density at radius 1 is 1.06 bits per heavy atom. The van der Waals surface area contributed by atoms with Crippen LogP contribution in [0.25, 0.3) is 5.57 Å². The zero-order chi connectivity index (χ0) is 23.9. The van der Waals surface area contributed by atoms with Gasteiger partial charge in [-0.3, -0.25) is 4.79 Å². The summed E-state index contributed by atoms with van der Waals surface area (Å²) < 4.78 is 0. The number of dihydropyridines is 1. The molecule has 35 heavy (non-hydrogen) atoms. The van der Waals surface area contributed by atoms with E-state index < -0.39 is 6.04 Å². The van der Waals surface area contributed by atoms with E-state index in [1.54, 1.807) is 6.21 Å². The standard InChI is InChI=1S/C25H31N9O/c1-32(2)16-10-13-33(14-11-16)21-8-7-20(30-31-21)28-25-27-15-19-18-9-12-26-24(35)22(18)34(23(19)29-25)17-5-3-4-6-17/h7-9,12,15-17,22H,3-6,10-11,13-14H2,1-2H3,(H,27,28,29,30). The van der Waals surface area contributed by atoms with E-state index in [1.165, 1.54) is 12.8 Å². The minimum absolute atomic E-state index is 0.127. The number of hydrogen-bond acceptors (Lipinski definition) is 9. The number of hydrogen-bond donors (Lipinski definition) is 1. The average Bonchev–Trinajstić information content (AvgIpc) is 3.51. The molecule has 1 atom stereocenters. The summed E-state index contributed by atoms with van der Waals surface area (Å²) >= 11 is 0. The first-order chi connectivity index (χ1) is 17.1. The van der Waals surface area contributed by atoms with Gasteiger partial charge in [-0.05, 0) is 63.6 Å². The monoisotopic (exact) mass is 473 g/mol. The van der Waals surface area contributed by atoms with Gasteiger partial charge in [-0.1, -0.05) is 12.8 Å². The Labute approximate surface area is 205 Å². The first kappa shape index (κ1) is 22.1. The molecule has 2 aromatic rings. The van der Waals surface area contributed by atoms with E-state index in [-0.39, 0.29) is 5.91 Å². The number of carbonyl (C=O) groups is 1. The molecule has 1 unspecified atom stereocenters. The molecule has 10 heteroatoms. The van der Waals surface area contributed by atoms with Crippen molar-refractivity contribution in [3.05, 3.63) is 30.0 Å². The lowest BCUT2D eigenvalue weighted by atomic mass is 10.0. The number of carbonyl (C=O) groups excluding carboxylic acids is 1. The van der Waals surface area contributed by atoms with Crippen LogP contribution in [0.4, 0.5) is 23.4 Å². The molecule has 1 saturated carbocycles. The maximum Gasteiger partial charge on any atom is 0.273 e. The van der Waals surface area contributed by atoms with E-state index in [2.05, 4.69) is 54.3 Å². The third-order valence-electron chi connectivity index (χ3n) is 7.71. The number of anilines is 4. The van der Waals surface area contributed by atoms with E-state index in [4.69, 9.17) is 4.98 Å². The van der Waals surface area contributed by atoms with Crippen LogP contribution in [0.15, 0.2) is 29.4 Å². The van der Waals surface area contributed by atoms with Crippen LogP contribution in [0.3, 0.4) is 0 Å². The van der Waals surface area contributed by atoms with Gasteiger partial charge in [0.05, 0.1) is 0 Å². The van der Waals surface area contributed by atoms with Gasteiger partial charge in [0.25, 0.3) is 5.91 Å². The van der Waals surface area contributed by atoms with Gasteiger partial charge in [-0.25, -0.2) is 9.98 Å². The number of nitrogens with zero attached hydrogens (tertiary/aromatic N) is 8. The lowest BCUT2D eigenvalue weighted by Crippen LogP contribution is -2.44. The normalized spacial score (nSPS) is 22.5. The van der Waals surface area contributed by atoms with Gasteiger partial charge in [0.2, 0.25) is 5.95 Å². The Hall–Kier alpha value is -3.40. The number of fused-ring (bicyclic) bond motifs is 3. The van der Waals surface area contributed by atoms with Gasteiger partial charge in [0.1, 0.15) is 11.9 Å². The lowest BCUT2D eigenvalue weighted by molar-refractivity contribution is -0.118. The fraction of sp³-hybridized carbons (Fsp3) is 0.520. The fourth-order valence-corrected chi connectivity index (χ4v) is 5.80. The Morgan fingerprint density at radius 3 is 2.57 bits per heavy atom. The Morgan fingerprint density at radius 2 is 1.86 bits per heavy atom. The third-order valence-corrected chi connectivity index (χ3v) is 7.71. The zero-order valence-electron chi connectivity index (χ0n) is 20.3. The number of aromatic nitrogens is 4. The second-order valence-corrected chi connectivity index (χ2v) is 10.0. The maximum atomic E-state index is 12.7. The Kier molecular flexibility index (Phi) is 5.68. The molecule has 2 aromatic heterocycles. The highest BCUT2D eigenvalue weighted by Crippen LogP contribution is 2.44. The number of allylic oxidation sites excluding steroid dienone is 1. The first-order valence-electron chi connectivity index (χ1n) is 12.5. The van der Waals surface area contributed by atoms with Crippen molar-refractivity contribution < 1.29 is 4.79 Å². The molecule has 1 saturated heterocycles. The van der Waals surface area contributed by atoms with Crippen molar-refractivity contribution in [2.24, 2.45) is 4.99 Å². The topological polar surface area (TPSA) is 103 Å². The molecule has 1 aliphatic carbocycles. The average molecular weight is 474 g/mol. The fourth-order valence-electron chi connectivity index (χ4n) is 5.80. The second-order valence-electron chi connectivity index (χ2n) is 10.0. The molecule has 182 valence electrons. The van der Waals surface area contributed by atoms with Gasteiger partial charge < -0.3 is 20.0 Å². The molecule has 5 heterocycles. The van der Waals surface area contributed by atoms with Gasteiger partial charge in [0.15, 0.2) is 11.6 Å². The van der Waals surface area contributed by atoms with Gasteiger partial charge >= 0.3 is 0 Å². The van der Waals surface area contributed by atoms with E-state index >= 15 is 0 Å². The number of amides is 1. The second kappa shape index (κ2) is 8.99. The van der Waals surface area contributed by atoms with E-state index in [1.807, 2.05) is 24.4 Å². The molecule has 2 fully saturated rings. The highest BCUT2D eigenvalue weighted by molar-refractivity contribution is 6.13. The minimum atomic E-state index is -0.390. The number of nitrogens with one attached hydrogen (secondary N) is 1. The first-order valence-corrected chi connectivity index (χ1v) is 12.5. The van der Waals surface area contributed by atoms with Crippen molar-refractivity contribution in [1.29, 1.82) is 0 Å². The summed E-state index contributed by atoms with van der Waals surface area (Å²) in [4.78, 5) is 32.9. The summed E-state index contributed by atoms with van der Waals surface area (Å²) in [7, 11) is 4.29. The van der Waals surface area contributed by atoms with Crippen molar-refractivity contribution in [2.75, 3.05) is 42.3 Å². The summed E-state index contributed by atoms with van der Waals surface area (Å²) in [5.74, 6) is 2.62. The predicted molar refractivity (Wildman–Crippen MR) is 136 cm³/mol. The molecule has 1 N–H and O–H groups in total. The summed E-state index contributed by atoms with van der Waals surface area (Å²) in [5.41, 5.74) is 1.86. The molecular formula is C25H31N9O. The van der Waals surface area contributed by atoms with Crippen molar-refractivity contribution in [1.82, 2.24) is 25.1 Å². The summed E-state index contributed by atoms with van der Waals surface area (Å²) in [6, 6.07) is 4.45. The van der Waals surface area contributed by atoms with Crippen molar-refractivity contribution in [3.8, 4) is 0 Å². The van der Waals surface area contributed by atoms with Crippen LogP contribution in [0, 0.1) is 0 Å². The SMILES string of the molecule is CN(C)C1CCN(c2ccc(Nc3ncc4c(n3)N(C3CCCC3)C3C(=O)N=CC=C43)nn2)CC1. The van der Waals surface area contributed by atoms with E-state index in [0.29, 0.717) is 23.8 Å². The van der Waals surface area contributed by atoms with Crippen LogP contribution < -0.4 is 15.1 Å². The number of rotatable bonds is 5. The molecule has 0 bridgehead atoms. The largest absolute Gasteiger partial charge is 0.355 e. The van der Waals surface area contributed by atoms with Gasteiger partial charge in [-0.2, -0.15) is 4.98 Å². The third kappa shape index (κ3) is 4.05. The van der Waals surface area contributed by atoms with Gasteiger partial charge in [-0.15, -0.1) is 10.2 Å². The molecule has 0 radical (unpaired) electrons. The number of aliphatic imine (C=N–C) groups is 1. The summed E-state index contributed by atoms with van der Waals surface area (Å²) in [6.45, 7) is 1.96. The molecule has 0 spiro atoms. The molecule has 6 rings (SSSR count). The maximum absolute atomic E-state index is 12.7. The molecule has 3 aliphatic heterocycles. The van der Waals surface area contributed by atoms with Crippen LogP contribution in [0.5, 0.6) is 0 Å². The lowest BCUT2D eigenvalue weighted by Gasteiger charge is -2.35. The number of piperidine rings is 1. The van der Waals surface area contributed by atoms with Crippen LogP contribution in [0.1, 0.15) is 44.1 Å². The Bertz CT molecular complexity index is 1160. The zero-order valence-corrected chi connectivity index (χ0v) is 20.3. The highest BCUT2D eigenvalue weighted by atomic mass is 16.1.